The zero-order chi connectivity index (χ0) is 10.5. The maximum Gasteiger partial charge on any atom is 0.148 e. The van der Waals surface area contributed by atoms with Crippen molar-refractivity contribution in [2.24, 2.45) is 0 Å². The van der Waals surface area contributed by atoms with Crippen molar-refractivity contribution in [1.29, 1.82) is 0 Å². The topological polar surface area (TPSA) is 98.8 Å². The fraction of sp³-hybridized carbons (Fsp3) is 0.333. The Morgan fingerprint density at radius 2 is 2.00 bits per heavy atom. The number of nitrogens with one attached hydrogen (secondary N) is 1. The van der Waals surface area contributed by atoms with E-state index in [9.17, 15) is 0 Å². The first-order valence-corrected chi connectivity index (χ1v) is 4.55. The molecule has 14 heavy (non-hydrogen) atoms. The minimum absolute atomic E-state index is 0.396. The lowest BCUT2D eigenvalue weighted by Gasteiger charge is -2.01. The summed E-state index contributed by atoms with van der Waals surface area (Å²) in [5, 5.41) is 0.944. The summed E-state index contributed by atoms with van der Waals surface area (Å²) in [4.78, 5) is 3.08. The Morgan fingerprint density at radius 3 is 2.57 bits per heavy atom. The van der Waals surface area contributed by atoms with Crippen molar-refractivity contribution in [2.75, 3.05) is 17.3 Å². The number of hydrogen-bond acceptors (Lipinski definition) is 3. The summed E-state index contributed by atoms with van der Waals surface area (Å²) in [5.41, 5.74) is 14.1. The Balaban J connectivity index is 2.85. The molecule has 7 N–H and O–H groups in total. The van der Waals surface area contributed by atoms with Crippen LogP contribution in [0.4, 0.5) is 11.5 Å². The predicted molar refractivity (Wildman–Crippen MR) is 59.4 cm³/mol. The molecule has 5 nitrogen and oxygen atoms in total. The molecule has 0 aliphatic heterocycles. The van der Waals surface area contributed by atoms with Gasteiger partial charge in [-0.2, -0.15) is 0 Å². The van der Waals surface area contributed by atoms with Crippen LogP contribution >= 0.6 is 0 Å². The molecule has 5 heteroatoms. The van der Waals surface area contributed by atoms with Crippen LogP contribution in [0.3, 0.4) is 0 Å². The van der Waals surface area contributed by atoms with E-state index in [1.54, 1.807) is 0 Å². The average Bonchev–Trinajstić information content (AvgIpc) is 2.64. The second kappa shape index (κ2) is 2.60. The lowest BCUT2D eigenvalue weighted by Crippen LogP contribution is -2.12. The molecule has 0 atom stereocenters. The number of aromatic amines is 1. The third-order valence-electron chi connectivity index (χ3n) is 2.56. The quantitative estimate of drug-likeness (QED) is 0.508. The average molecular weight is 193 g/mol. The molecule has 0 aromatic carbocycles. The number of nitrogens with zero attached hydrogens (tertiary/aromatic N) is 1. The maximum absolute atomic E-state index is 5.88. The first-order chi connectivity index (χ1) is 6.54. The molecule has 0 aliphatic carbocycles. The van der Waals surface area contributed by atoms with Gasteiger partial charge in [-0.05, 0) is 11.5 Å². The smallest absolute Gasteiger partial charge is 0.148 e. The van der Waals surface area contributed by atoms with Gasteiger partial charge in [-0.15, -0.1) is 0 Å². The molecule has 0 amide bonds. The maximum atomic E-state index is 5.88. The molecule has 76 valence electrons. The van der Waals surface area contributed by atoms with Crippen molar-refractivity contribution < 1.29 is 0 Å². The van der Waals surface area contributed by atoms with Crippen LogP contribution in [0, 0.1) is 0 Å². The number of nitrogens with two attached hydrogens (primary N) is 3. The van der Waals surface area contributed by atoms with Crippen molar-refractivity contribution >= 4 is 22.5 Å². The van der Waals surface area contributed by atoms with Gasteiger partial charge < -0.3 is 22.3 Å². The molecule has 0 radical (unpaired) electrons. The fourth-order valence-corrected chi connectivity index (χ4v) is 1.73. The highest BCUT2D eigenvalue weighted by Crippen LogP contribution is 2.34. The van der Waals surface area contributed by atoms with Gasteiger partial charge in [-0.25, -0.2) is 4.68 Å². The SMILES string of the molecule is CC(C)c1c[nH]c2c1c(N)c(N)n2N. The van der Waals surface area contributed by atoms with E-state index < -0.39 is 0 Å². The van der Waals surface area contributed by atoms with Gasteiger partial charge in [0.1, 0.15) is 11.5 Å². The first kappa shape index (κ1) is 8.80. The summed E-state index contributed by atoms with van der Waals surface area (Å²) in [6.45, 7) is 4.21. The van der Waals surface area contributed by atoms with E-state index in [0.29, 0.717) is 17.4 Å². The summed E-state index contributed by atoms with van der Waals surface area (Å²) in [7, 11) is 0. The van der Waals surface area contributed by atoms with Gasteiger partial charge in [0.05, 0.1) is 5.69 Å². The van der Waals surface area contributed by atoms with Crippen molar-refractivity contribution in [1.82, 2.24) is 9.66 Å². The Bertz CT molecular complexity index is 477. The molecule has 2 rings (SSSR count). The van der Waals surface area contributed by atoms with Crippen LogP contribution in [-0.2, 0) is 0 Å². The zero-order valence-electron chi connectivity index (χ0n) is 8.33. The van der Waals surface area contributed by atoms with Crippen LogP contribution in [0.25, 0.3) is 11.0 Å². The highest BCUT2D eigenvalue weighted by atomic mass is 15.3. The molecular formula is C9H15N5. The number of nitrogen functional groups attached to an aromatic ring is 3. The Morgan fingerprint density at radius 1 is 1.36 bits per heavy atom. The van der Waals surface area contributed by atoms with E-state index in [1.165, 1.54) is 4.68 Å². The lowest BCUT2D eigenvalue weighted by molar-refractivity contribution is 0.876. The summed E-state index contributed by atoms with van der Waals surface area (Å²) in [5.74, 6) is 6.54. The number of aromatic nitrogens is 2. The molecule has 0 unspecified atom stereocenters. The zero-order valence-corrected chi connectivity index (χ0v) is 8.33. The molecule has 0 fully saturated rings. The van der Waals surface area contributed by atoms with Gasteiger partial charge in [0.15, 0.2) is 0 Å². The minimum atomic E-state index is 0.396. The standard InChI is InChI=1S/C9H15N5/c1-4(2)5-3-13-9-6(5)7(10)8(11)14(9)12/h3-4,13H,10-12H2,1-2H3. The monoisotopic (exact) mass is 193 g/mol. The van der Waals surface area contributed by atoms with Crippen LogP contribution in [-0.4, -0.2) is 9.66 Å². The Hall–Kier alpha value is -1.78. The van der Waals surface area contributed by atoms with Crippen LogP contribution < -0.4 is 17.3 Å². The molecule has 2 aromatic rings. The van der Waals surface area contributed by atoms with Gasteiger partial charge in [-0.3, -0.25) is 0 Å². The van der Waals surface area contributed by atoms with Crippen molar-refractivity contribution in [3.63, 3.8) is 0 Å². The summed E-state index contributed by atoms with van der Waals surface area (Å²) < 4.78 is 1.39. The summed E-state index contributed by atoms with van der Waals surface area (Å²) in [6.07, 6.45) is 1.93. The first-order valence-electron chi connectivity index (χ1n) is 4.55. The van der Waals surface area contributed by atoms with E-state index in [0.717, 1.165) is 16.6 Å². The Kier molecular flexibility index (Phi) is 1.64. The largest absolute Gasteiger partial charge is 0.395 e. The molecule has 2 aromatic heterocycles. The molecule has 2 heterocycles. The minimum Gasteiger partial charge on any atom is -0.395 e. The van der Waals surface area contributed by atoms with E-state index in [2.05, 4.69) is 18.8 Å². The molecule has 0 saturated carbocycles. The van der Waals surface area contributed by atoms with Crippen molar-refractivity contribution in [2.45, 2.75) is 19.8 Å². The second-order valence-electron chi connectivity index (χ2n) is 3.79. The number of H-pyrrole nitrogens is 1. The lowest BCUT2D eigenvalue weighted by atomic mass is 10.0. The normalized spacial score (nSPS) is 11.6. The molecule has 0 aliphatic rings. The van der Waals surface area contributed by atoms with E-state index >= 15 is 0 Å². The van der Waals surface area contributed by atoms with Gasteiger partial charge >= 0.3 is 0 Å². The molecular weight excluding hydrogens is 178 g/mol. The van der Waals surface area contributed by atoms with Gasteiger partial charge in [0, 0.05) is 11.6 Å². The van der Waals surface area contributed by atoms with Crippen LogP contribution in [0.15, 0.2) is 6.20 Å². The number of fused-ring (bicyclic) bond motifs is 1. The predicted octanol–water partition coefficient (Wildman–Crippen LogP) is 0.971. The van der Waals surface area contributed by atoms with E-state index in [-0.39, 0.29) is 0 Å². The van der Waals surface area contributed by atoms with Crippen LogP contribution in [0.1, 0.15) is 25.3 Å². The second-order valence-corrected chi connectivity index (χ2v) is 3.79. The number of anilines is 2. The molecule has 0 spiro atoms. The van der Waals surface area contributed by atoms with Gasteiger partial charge in [0.2, 0.25) is 0 Å². The highest BCUT2D eigenvalue weighted by Gasteiger charge is 2.17. The van der Waals surface area contributed by atoms with Gasteiger partial charge in [0.25, 0.3) is 0 Å². The third-order valence-corrected chi connectivity index (χ3v) is 2.56. The van der Waals surface area contributed by atoms with E-state index in [4.69, 9.17) is 17.3 Å². The van der Waals surface area contributed by atoms with Crippen LogP contribution in [0.2, 0.25) is 0 Å². The third kappa shape index (κ3) is 0.891. The highest BCUT2D eigenvalue weighted by molar-refractivity contribution is 5.99. The van der Waals surface area contributed by atoms with Crippen LogP contribution in [0.5, 0.6) is 0 Å². The van der Waals surface area contributed by atoms with Gasteiger partial charge in [-0.1, -0.05) is 13.8 Å². The number of rotatable bonds is 1. The van der Waals surface area contributed by atoms with Crippen molar-refractivity contribution in [3.05, 3.63) is 11.8 Å². The van der Waals surface area contributed by atoms with Crippen molar-refractivity contribution in [3.8, 4) is 0 Å². The summed E-state index contributed by atoms with van der Waals surface area (Å²) >= 11 is 0. The fourth-order valence-electron chi connectivity index (χ4n) is 1.73. The molecule has 0 saturated heterocycles. The molecule has 0 bridgehead atoms. The summed E-state index contributed by atoms with van der Waals surface area (Å²) in [6, 6.07) is 0. The Labute approximate surface area is 81.8 Å². The van der Waals surface area contributed by atoms with E-state index in [1.807, 2.05) is 6.20 Å². The number of hydrogen-bond donors (Lipinski definition) is 4.